The predicted octanol–water partition coefficient (Wildman–Crippen LogP) is 6.06. The lowest BCUT2D eigenvalue weighted by atomic mass is 10.1. The first-order valence-electron chi connectivity index (χ1n) is 13.5. The third-order valence-electron chi connectivity index (χ3n) is 6.39. The predicted molar refractivity (Wildman–Crippen MR) is 163 cm³/mol. The van der Waals surface area contributed by atoms with Crippen LogP contribution in [0.2, 0.25) is 10.0 Å². The van der Waals surface area contributed by atoms with Gasteiger partial charge in [-0.2, -0.15) is 0 Å². The molecule has 226 valence electrons. The summed E-state index contributed by atoms with van der Waals surface area (Å²) >= 11 is 12.3. The largest absolute Gasteiger partial charge is 0.494 e. The quantitative estimate of drug-likeness (QED) is 0.232. The maximum atomic E-state index is 14.1. The monoisotopic (exact) mass is 637 g/mol. The highest BCUT2D eigenvalue weighted by Crippen LogP contribution is 2.28. The van der Waals surface area contributed by atoms with Gasteiger partial charge in [-0.3, -0.25) is 13.9 Å². The van der Waals surface area contributed by atoms with Gasteiger partial charge in [-0.25, -0.2) is 12.8 Å². The fourth-order valence-electron chi connectivity index (χ4n) is 4.26. The van der Waals surface area contributed by atoms with Crippen LogP contribution in [0.25, 0.3) is 0 Å². The van der Waals surface area contributed by atoms with Crippen LogP contribution in [0.5, 0.6) is 5.75 Å². The van der Waals surface area contributed by atoms with Crippen molar-refractivity contribution < 1.29 is 27.1 Å². The number of rotatable bonds is 14. The molecule has 3 aromatic carbocycles. The topological polar surface area (TPSA) is 96.0 Å². The average Bonchev–Trinajstić information content (AvgIpc) is 2.97. The molecule has 0 radical (unpaired) electrons. The van der Waals surface area contributed by atoms with E-state index in [1.807, 2.05) is 13.8 Å². The number of nitrogens with one attached hydrogen (secondary N) is 1. The molecule has 0 heterocycles. The Balaban J connectivity index is 2.06. The highest BCUT2D eigenvalue weighted by molar-refractivity contribution is 7.92. The highest BCUT2D eigenvalue weighted by Gasteiger charge is 2.33. The number of carbonyl (C=O) groups excluding carboxylic acids is 2. The third-order valence-corrected chi connectivity index (χ3v) is 8.92. The van der Waals surface area contributed by atoms with Crippen molar-refractivity contribution in [3.8, 4) is 5.75 Å². The summed E-state index contributed by atoms with van der Waals surface area (Å²) in [6.07, 6.45) is 0.973. The molecule has 0 saturated carbocycles. The van der Waals surface area contributed by atoms with Gasteiger partial charge in [0.05, 0.1) is 27.2 Å². The second-order valence-electron chi connectivity index (χ2n) is 9.38. The highest BCUT2D eigenvalue weighted by atomic mass is 35.5. The van der Waals surface area contributed by atoms with Gasteiger partial charge in [0, 0.05) is 13.1 Å². The van der Waals surface area contributed by atoms with Crippen molar-refractivity contribution in [3.63, 3.8) is 0 Å². The van der Waals surface area contributed by atoms with Crippen molar-refractivity contribution in [2.24, 2.45) is 0 Å². The Hall–Kier alpha value is -3.34. The number of amides is 2. The molecule has 12 heteroatoms. The lowest BCUT2D eigenvalue weighted by Gasteiger charge is -2.33. The van der Waals surface area contributed by atoms with Gasteiger partial charge < -0.3 is 15.0 Å². The third kappa shape index (κ3) is 8.36. The number of sulfonamides is 1. The van der Waals surface area contributed by atoms with E-state index in [4.69, 9.17) is 27.9 Å². The molecule has 0 aliphatic carbocycles. The summed E-state index contributed by atoms with van der Waals surface area (Å²) in [7, 11) is -4.34. The Morgan fingerprint density at radius 2 is 1.62 bits per heavy atom. The molecule has 3 rings (SSSR count). The second kappa shape index (κ2) is 15.2. The van der Waals surface area contributed by atoms with Crippen molar-refractivity contribution in [2.75, 3.05) is 24.0 Å². The Bertz CT molecular complexity index is 1470. The van der Waals surface area contributed by atoms with Crippen LogP contribution in [0, 0.1) is 5.82 Å². The van der Waals surface area contributed by atoms with Gasteiger partial charge in [0.1, 0.15) is 24.2 Å². The maximum Gasteiger partial charge on any atom is 0.264 e. The van der Waals surface area contributed by atoms with Crippen LogP contribution in [0.15, 0.2) is 71.6 Å². The normalized spacial score (nSPS) is 12.0. The van der Waals surface area contributed by atoms with Gasteiger partial charge in [-0.15, -0.1) is 0 Å². The molecule has 0 aliphatic rings. The molecule has 1 unspecified atom stereocenters. The molecule has 1 N–H and O–H groups in total. The zero-order chi connectivity index (χ0) is 30.9. The van der Waals surface area contributed by atoms with Crippen molar-refractivity contribution >= 4 is 50.7 Å². The van der Waals surface area contributed by atoms with Gasteiger partial charge in [-0.1, -0.05) is 43.1 Å². The summed E-state index contributed by atoms with van der Waals surface area (Å²) in [5.74, 6) is -1.07. The van der Waals surface area contributed by atoms with Gasteiger partial charge >= 0.3 is 0 Å². The maximum absolute atomic E-state index is 14.1. The fourth-order valence-corrected chi connectivity index (χ4v) is 5.99. The number of anilines is 1. The standard InChI is InChI=1S/C30H34Cl2FN3O5S/c1-4-17-34-30(38)28(5-2)35(19-21-7-16-26(31)27(32)18-21)29(37)20-36(23-10-12-24(13-11-23)41-6-3)42(39,40)25-14-8-22(33)9-15-25/h7-16,18,28H,4-6,17,19-20H2,1-3H3,(H,34,38). The van der Waals surface area contributed by atoms with E-state index in [1.54, 1.807) is 37.3 Å². The first kappa shape index (κ1) is 33.2. The van der Waals surface area contributed by atoms with Gasteiger partial charge in [-0.05, 0) is 86.0 Å². The van der Waals surface area contributed by atoms with E-state index in [0.29, 0.717) is 35.9 Å². The lowest BCUT2D eigenvalue weighted by molar-refractivity contribution is -0.140. The van der Waals surface area contributed by atoms with Crippen LogP contribution < -0.4 is 14.4 Å². The Labute approximate surface area is 256 Å². The SMILES string of the molecule is CCCNC(=O)C(CC)N(Cc1ccc(Cl)c(Cl)c1)C(=O)CN(c1ccc(OCC)cc1)S(=O)(=O)c1ccc(F)cc1. The van der Waals surface area contributed by atoms with E-state index in [0.717, 1.165) is 28.6 Å². The van der Waals surface area contributed by atoms with Crippen LogP contribution >= 0.6 is 23.2 Å². The summed E-state index contributed by atoms with van der Waals surface area (Å²) in [4.78, 5) is 28.4. The van der Waals surface area contributed by atoms with E-state index in [1.165, 1.54) is 17.0 Å². The molecule has 0 aliphatic heterocycles. The first-order chi connectivity index (χ1) is 20.0. The fraction of sp³-hybridized carbons (Fsp3) is 0.333. The van der Waals surface area contributed by atoms with E-state index in [2.05, 4.69) is 5.32 Å². The van der Waals surface area contributed by atoms with Gasteiger partial charge in [0.15, 0.2) is 0 Å². The number of benzene rings is 3. The van der Waals surface area contributed by atoms with Crippen molar-refractivity contribution in [1.29, 1.82) is 0 Å². The summed E-state index contributed by atoms with van der Waals surface area (Å²) in [6, 6.07) is 14.6. The molecule has 3 aromatic rings. The Morgan fingerprint density at radius 1 is 0.952 bits per heavy atom. The minimum atomic E-state index is -4.34. The van der Waals surface area contributed by atoms with Crippen LogP contribution in [0.4, 0.5) is 10.1 Å². The molecule has 1 atom stereocenters. The van der Waals surface area contributed by atoms with Gasteiger partial charge in [0.25, 0.3) is 10.0 Å². The summed E-state index contributed by atoms with van der Waals surface area (Å²) in [5, 5.41) is 3.44. The summed E-state index contributed by atoms with van der Waals surface area (Å²) in [6.45, 7) is 5.67. The average molecular weight is 639 g/mol. The molecule has 0 fully saturated rings. The number of ether oxygens (including phenoxy) is 1. The van der Waals surface area contributed by atoms with Crippen LogP contribution in [0.1, 0.15) is 39.2 Å². The lowest BCUT2D eigenvalue weighted by Crippen LogP contribution is -2.52. The second-order valence-corrected chi connectivity index (χ2v) is 12.1. The van der Waals surface area contributed by atoms with Crippen molar-refractivity contribution in [1.82, 2.24) is 10.2 Å². The number of hydrogen-bond acceptors (Lipinski definition) is 5. The van der Waals surface area contributed by atoms with E-state index in [9.17, 15) is 22.4 Å². The molecular formula is C30H34Cl2FN3O5S. The molecule has 0 saturated heterocycles. The minimum Gasteiger partial charge on any atom is -0.494 e. The van der Waals surface area contributed by atoms with Crippen molar-refractivity contribution in [2.45, 2.75) is 51.1 Å². The zero-order valence-corrected chi connectivity index (χ0v) is 26.0. The van der Waals surface area contributed by atoms with Crippen LogP contribution in [-0.4, -0.2) is 50.9 Å². The molecule has 0 bridgehead atoms. The summed E-state index contributed by atoms with van der Waals surface area (Å²) in [5.41, 5.74) is 0.794. The molecule has 0 aromatic heterocycles. The van der Waals surface area contributed by atoms with Crippen LogP contribution in [0.3, 0.4) is 0 Å². The number of hydrogen-bond donors (Lipinski definition) is 1. The smallest absolute Gasteiger partial charge is 0.264 e. The first-order valence-corrected chi connectivity index (χ1v) is 15.7. The molecule has 8 nitrogen and oxygen atoms in total. The number of nitrogens with zero attached hydrogens (tertiary/aromatic N) is 2. The van der Waals surface area contributed by atoms with E-state index >= 15 is 0 Å². The summed E-state index contributed by atoms with van der Waals surface area (Å²) < 4.78 is 47.8. The van der Waals surface area contributed by atoms with E-state index in [-0.39, 0.29) is 34.5 Å². The van der Waals surface area contributed by atoms with Gasteiger partial charge in [0.2, 0.25) is 11.8 Å². The number of carbonyl (C=O) groups is 2. The van der Waals surface area contributed by atoms with Crippen molar-refractivity contribution in [3.05, 3.63) is 88.2 Å². The van der Waals surface area contributed by atoms with Crippen LogP contribution in [-0.2, 0) is 26.2 Å². The molecular weight excluding hydrogens is 604 g/mol. The number of halogens is 3. The Morgan fingerprint density at radius 3 is 2.19 bits per heavy atom. The Kier molecular flexibility index (Phi) is 12.0. The molecule has 0 spiro atoms. The van der Waals surface area contributed by atoms with E-state index < -0.39 is 34.3 Å². The molecule has 2 amide bonds. The zero-order valence-electron chi connectivity index (χ0n) is 23.6. The molecule has 42 heavy (non-hydrogen) atoms. The minimum absolute atomic E-state index is 0.0263.